The van der Waals surface area contributed by atoms with Crippen LogP contribution in [0.4, 0.5) is 5.69 Å². The molecule has 0 spiro atoms. The summed E-state index contributed by atoms with van der Waals surface area (Å²) in [7, 11) is 0. The first-order chi connectivity index (χ1) is 16.0. The minimum Gasteiger partial charge on any atom is -0.369 e. The van der Waals surface area contributed by atoms with Crippen LogP contribution in [0.1, 0.15) is 6.92 Å². The van der Waals surface area contributed by atoms with Crippen molar-refractivity contribution in [2.75, 3.05) is 44.2 Å². The highest BCUT2D eigenvalue weighted by Crippen LogP contribution is 2.20. The van der Waals surface area contributed by atoms with Gasteiger partial charge in [0.25, 0.3) is 0 Å². The summed E-state index contributed by atoms with van der Waals surface area (Å²) in [4.78, 5) is 46.4. The lowest BCUT2D eigenvalue weighted by molar-refractivity contribution is -0.121. The maximum absolute atomic E-state index is 12.6. The van der Waals surface area contributed by atoms with Gasteiger partial charge in [0.05, 0.1) is 5.52 Å². The quantitative estimate of drug-likeness (QED) is 0.521. The van der Waals surface area contributed by atoms with Crippen LogP contribution in [0.5, 0.6) is 0 Å². The van der Waals surface area contributed by atoms with Crippen molar-refractivity contribution in [2.24, 2.45) is 0 Å². The second-order valence-electron chi connectivity index (χ2n) is 7.95. The van der Waals surface area contributed by atoms with Gasteiger partial charge in [0.2, 0.25) is 5.91 Å². The van der Waals surface area contributed by atoms with Gasteiger partial charge in [0.1, 0.15) is 6.54 Å². The van der Waals surface area contributed by atoms with E-state index in [-0.39, 0.29) is 12.5 Å². The fraction of sp³-hybridized carbons (Fsp3) is 0.391. The summed E-state index contributed by atoms with van der Waals surface area (Å²) in [6, 6.07) is 11.2. The fourth-order valence-electron chi connectivity index (χ4n) is 4.15. The smallest absolute Gasteiger partial charge is 0.318 e. The van der Waals surface area contributed by atoms with Gasteiger partial charge in [-0.2, -0.15) is 0 Å². The average Bonchev–Trinajstić information content (AvgIpc) is 2.83. The van der Waals surface area contributed by atoms with Crippen molar-refractivity contribution in [1.29, 1.82) is 0 Å². The number of anilines is 1. The number of piperazine rings is 1. The lowest BCUT2D eigenvalue weighted by Gasteiger charge is -2.36. The van der Waals surface area contributed by atoms with Gasteiger partial charge in [0.15, 0.2) is 5.65 Å². The molecule has 0 bridgehead atoms. The molecular weight excluding hydrogens is 444 g/mol. The molecule has 1 aromatic carbocycles. The number of nitrogens with one attached hydrogen (secondary N) is 1. The first-order valence-corrected chi connectivity index (χ1v) is 11.4. The van der Waals surface area contributed by atoms with Gasteiger partial charge < -0.3 is 10.2 Å². The third kappa shape index (κ3) is 5.09. The maximum atomic E-state index is 12.6. The Labute approximate surface area is 196 Å². The highest BCUT2D eigenvalue weighted by atomic mass is 35.5. The first kappa shape index (κ1) is 23.0. The van der Waals surface area contributed by atoms with E-state index in [4.69, 9.17) is 11.6 Å². The number of hydrogen-bond acceptors (Lipinski definition) is 6. The Kier molecular flexibility index (Phi) is 7.10. The van der Waals surface area contributed by atoms with Gasteiger partial charge in [0, 0.05) is 62.7 Å². The molecule has 1 saturated heterocycles. The Hall–Kier alpha value is -3.17. The van der Waals surface area contributed by atoms with E-state index in [9.17, 15) is 14.4 Å². The van der Waals surface area contributed by atoms with E-state index in [1.54, 1.807) is 25.3 Å². The highest BCUT2D eigenvalue weighted by Gasteiger charge is 2.18. The molecule has 3 aromatic rings. The van der Waals surface area contributed by atoms with E-state index in [1.807, 2.05) is 18.2 Å². The molecule has 3 heterocycles. The van der Waals surface area contributed by atoms with Gasteiger partial charge in [-0.3, -0.25) is 28.4 Å². The maximum Gasteiger partial charge on any atom is 0.318 e. The SMILES string of the molecule is CCn1c(=O)c(=O)n(CC(=O)NCCN2CCN(c3cccc(Cl)c3)CC2)c2cccnc21. The van der Waals surface area contributed by atoms with Gasteiger partial charge in [-0.05, 0) is 37.3 Å². The van der Waals surface area contributed by atoms with Crippen LogP contribution in [-0.2, 0) is 17.9 Å². The molecule has 9 nitrogen and oxygen atoms in total. The highest BCUT2D eigenvalue weighted by molar-refractivity contribution is 6.30. The van der Waals surface area contributed by atoms with Gasteiger partial charge >= 0.3 is 11.1 Å². The van der Waals surface area contributed by atoms with Gasteiger partial charge in [-0.15, -0.1) is 0 Å². The molecule has 0 unspecified atom stereocenters. The zero-order valence-electron chi connectivity index (χ0n) is 18.5. The summed E-state index contributed by atoms with van der Waals surface area (Å²) < 4.78 is 2.53. The van der Waals surface area contributed by atoms with Crippen LogP contribution in [0.3, 0.4) is 0 Å². The van der Waals surface area contributed by atoms with Gasteiger partial charge in [-0.25, -0.2) is 4.98 Å². The molecule has 174 valence electrons. The van der Waals surface area contributed by atoms with E-state index in [0.29, 0.717) is 30.8 Å². The third-order valence-electron chi connectivity index (χ3n) is 5.90. The van der Waals surface area contributed by atoms with E-state index >= 15 is 0 Å². The van der Waals surface area contributed by atoms with E-state index < -0.39 is 11.1 Å². The predicted octanol–water partition coefficient (Wildman–Crippen LogP) is 1.17. The number of aryl methyl sites for hydroxylation is 1. The number of rotatable bonds is 7. The van der Waals surface area contributed by atoms with Crippen LogP contribution < -0.4 is 21.3 Å². The molecule has 1 N–H and O–H groups in total. The standard InChI is InChI=1S/C23H27ClN6O3/c1-2-29-21-19(7-4-8-26-21)30(23(33)22(29)32)16-20(31)25-9-10-27-11-13-28(14-12-27)18-6-3-5-17(24)15-18/h3-8,15H,2,9-14,16H2,1H3,(H,25,31). The molecule has 1 fully saturated rings. The van der Waals surface area contributed by atoms with Crippen molar-refractivity contribution in [3.05, 3.63) is 68.3 Å². The molecule has 2 aromatic heterocycles. The molecule has 4 rings (SSSR count). The van der Waals surface area contributed by atoms with E-state index in [0.717, 1.165) is 36.9 Å². The van der Waals surface area contributed by atoms with Crippen LogP contribution >= 0.6 is 11.6 Å². The summed E-state index contributed by atoms with van der Waals surface area (Å²) in [6.07, 6.45) is 1.56. The van der Waals surface area contributed by atoms with Crippen LogP contribution in [0.15, 0.2) is 52.2 Å². The largest absolute Gasteiger partial charge is 0.369 e. The minimum absolute atomic E-state index is 0.219. The third-order valence-corrected chi connectivity index (χ3v) is 6.13. The number of carbonyl (C=O) groups is 1. The lowest BCUT2D eigenvalue weighted by atomic mass is 10.2. The monoisotopic (exact) mass is 470 g/mol. The van der Waals surface area contributed by atoms with Crippen LogP contribution in [0, 0.1) is 0 Å². The van der Waals surface area contributed by atoms with Crippen molar-refractivity contribution < 1.29 is 4.79 Å². The van der Waals surface area contributed by atoms with Crippen molar-refractivity contribution in [2.45, 2.75) is 20.0 Å². The zero-order valence-corrected chi connectivity index (χ0v) is 19.3. The molecule has 0 radical (unpaired) electrons. The Balaban J connectivity index is 1.32. The molecule has 10 heteroatoms. The second-order valence-corrected chi connectivity index (χ2v) is 8.38. The topological polar surface area (TPSA) is 92.5 Å². The van der Waals surface area contributed by atoms with Crippen molar-refractivity contribution >= 4 is 34.4 Å². The number of nitrogens with zero attached hydrogens (tertiary/aromatic N) is 5. The molecule has 1 aliphatic heterocycles. The Morgan fingerprint density at radius 3 is 2.55 bits per heavy atom. The number of amides is 1. The predicted molar refractivity (Wildman–Crippen MR) is 129 cm³/mol. The molecule has 33 heavy (non-hydrogen) atoms. The number of fused-ring (bicyclic) bond motifs is 1. The van der Waals surface area contributed by atoms with Crippen LogP contribution in [-0.4, -0.2) is 64.2 Å². The molecule has 0 saturated carbocycles. The first-order valence-electron chi connectivity index (χ1n) is 11.1. The normalized spacial score (nSPS) is 14.5. The number of carbonyl (C=O) groups excluding carboxylic acids is 1. The molecule has 0 atom stereocenters. The molecule has 0 aliphatic carbocycles. The second kappa shape index (κ2) is 10.2. The fourth-order valence-corrected chi connectivity index (χ4v) is 4.33. The molecule has 1 amide bonds. The summed E-state index contributed by atoms with van der Waals surface area (Å²) in [5.41, 5.74) is 0.595. The van der Waals surface area contributed by atoms with Crippen molar-refractivity contribution in [1.82, 2.24) is 24.3 Å². The summed E-state index contributed by atoms with van der Waals surface area (Å²) in [5.74, 6) is -0.312. The number of aromatic nitrogens is 3. The van der Waals surface area contributed by atoms with Crippen molar-refractivity contribution in [3.63, 3.8) is 0 Å². The zero-order chi connectivity index (χ0) is 23.4. The van der Waals surface area contributed by atoms with Gasteiger partial charge in [-0.1, -0.05) is 17.7 Å². The molecular formula is C23H27ClN6O3. The number of hydrogen-bond donors (Lipinski definition) is 1. The Bertz CT molecular complexity index is 1260. The number of pyridine rings is 1. The minimum atomic E-state index is -0.718. The molecule has 1 aliphatic rings. The van der Waals surface area contributed by atoms with E-state index in [2.05, 4.69) is 26.2 Å². The number of benzene rings is 1. The van der Waals surface area contributed by atoms with Crippen LogP contribution in [0.2, 0.25) is 5.02 Å². The Morgan fingerprint density at radius 2 is 1.82 bits per heavy atom. The number of halogens is 1. The summed E-state index contributed by atoms with van der Waals surface area (Å²) in [6.45, 7) is 6.60. The van der Waals surface area contributed by atoms with Crippen LogP contribution in [0.25, 0.3) is 11.2 Å². The average molecular weight is 471 g/mol. The Morgan fingerprint density at radius 1 is 1.06 bits per heavy atom. The summed E-state index contributed by atoms with van der Waals surface area (Å²) in [5, 5.41) is 3.60. The lowest BCUT2D eigenvalue weighted by Crippen LogP contribution is -2.49. The van der Waals surface area contributed by atoms with Crippen molar-refractivity contribution in [3.8, 4) is 0 Å². The van der Waals surface area contributed by atoms with E-state index in [1.165, 1.54) is 9.13 Å². The summed E-state index contributed by atoms with van der Waals surface area (Å²) >= 11 is 6.09.